The summed E-state index contributed by atoms with van der Waals surface area (Å²) in [6.45, 7) is 2.99. The van der Waals surface area contributed by atoms with E-state index in [4.69, 9.17) is 28.4 Å². The fourth-order valence-electron chi connectivity index (χ4n) is 6.55. The van der Waals surface area contributed by atoms with Crippen molar-refractivity contribution in [1.29, 1.82) is 0 Å². The molecule has 1 fully saturated rings. The molecule has 298 valence electrons. The molecule has 58 heavy (non-hydrogen) atoms. The third-order valence-corrected chi connectivity index (χ3v) is 10.9. The summed E-state index contributed by atoms with van der Waals surface area (Å²) in [4.78, 5) is 0.0298. The number of rotatable bonds is 17. The average Bonchev–Trinajstić information content (AvgIpc) is 3.26. The topological polar surface area (TPSA) is 102 Å². The van der Waals surface area contributed by atoms with Crippen LogP contribution in [0.15, 0.2) is 185 Å². The van der Waals surface area contributed by atoms with Gasteiger partial charge in [0.1, 0.15) is 24.4 Å². The lowest BCUT2D eigenvalue weighted by atomic mass is 9.97. The third kappa shape index (κ3) is 11.3. The summed E-state index contributed by atoms with van der Waals surface area (Å²) >= 11 is 0. The van der Waals surface area contributed by atoms with Crippen LogP contribution in [0.3, 0.4) is 0 Å². The molecule has 0 N–H and O–H groups in total. The highest BCUT2D eigenvalue weighted by molar-refractivity contribution is 7.90. The summed E-state index contributed by atoms with van der Waals surface area (Å²) in [6.07, 6.45) is -4.42. The molecular weight excluding hydrogens is 751 g/mol. The zero-order valence-corrected chi connectivity index (χ0v) is 33.1. The molecule has 1 saturated heterocycles. The van der Waals surface area contributed by atoms with Crippen LogP contribution in [0, 0.1) is 6.92 Å². The van der Waals surface area contributed by atoms with Crippen LogP contribution in [0.1, 0.15) is 33.4 Å². The van der Waals surface area contributed by atoms with Crippen molar-refractivity contribution in [2.24, 2.45) is 4.40 Å². The van der Waals surface area contributed by atoms with Gasteiger partial charge in [-0.3, -0.25) is 0 Å². The van der Waals surface area contributed by atoms with E-state index in [1.807, 2.05) is 134 Å². The highest BCUT2D eigenvalue weighted by Crippen LogP contribution is 2.33. The summed E-state index contributed by atoms with van der Waals surface area (Å²) in [5.74, 6) is -0.158. The zero-order chi connectivity index (χ0) is 40.0. The van der Waals surface area contributed by atoms with Crippen molar-refractivity contribution in [3.63, 3.8) is 0 Å². The van der Waals surface area contributed by atoms with Crippen molar-refractivity contribution in [1.82, 2.24) is 0 Å². The third-order valence-electron chi connectivity index (χ3n) is 9.61. The highest BCUT2D eigenvalue weighted by Gasteiger charge is 2.50. The largest absolute Gasteiger partial charge is 0.444 e. The minimum absolute atomic E-state index is 0.0298. The van der Waals surface area contributed by atoms with E-state index in [1.165, 1.54) is 12.1 Å². The standard InChI is InChI=1S/C48H47NO8S/c1-36-27-29-42(30-28-36)58(50,51)49-47(41-25-15-6-16-26-41)57-48-46(55-34-40-23-13-5-14-24-40)45(54-33-39-21-11-4-12-22-39)44(53-32-38-19-9-3-10-20-38)43(56-48)35-52-31-37-17-7-2-8-18-37/h2-30,43-46,48H,31-35H2,1H3/b49-47-/t43?,44-,45?,46?,48-/m1/s1. The Hall–Kier alpha value is -5.46. The molecule has 9 nitrogen and oxygen atoms in total. The Labute approximate surface area is 340 Å². The molecule has 10 heteroatoms. The van der Waals surface area contributed by atoms with Crippen molar-refractivity contribution in [2.45, 2.75) is 69.0 Å². The maximum absolute atomic E-state index is 13.9. The van der Waals surface area contributed by atoms with E-state index in [1.54, 1.807) is 36.4 Å². The molecule has 0 spiro atoms. The number of hydrogen-bond acceptors (Lipinski definition) is 8. The second-order valence-corrected chi connectivity index (χ2v) is 15.6. The monoisotopic (exact) mass is 797 g/mol. The van der Waals surface area contributed by atoms with Gasteiger partial charge in [-0.05, 0) is 53.4 Å². The van der Waals surface area contributed by atoms with Crippen LogP contribution in [0.5, 0.6) is 0 Å². The Morgan fingerprint density at radius 1 is 0.534 bits per heavy atom. The predicted octanol–water partition coefficient (Wildman–Crippen LogP) is 8.85. The van der Waals surface area contributed by atoms with E-state index in [0.29, 0.717) is 12.2 Å². The minimum atomic E-state index is -4.23. The number of benzene rings is 6. The molecule has 0 radical (unpaired) electrons. The first-order chi connectivity index (χ1) is 28.4. The zero-order valence-electron chi connectivity index (χ0n) is 32.3. The van der Waals surface area contributed by atoms with E-state index in [2.05, 4.69) is 4.40 Å². The first-order valence-electron chi connectivity index (χ1n) is 19.3. The van der Waals surface area contributed by atoms with Gasteiger partial charge in [0.05, 0.1) is 37.9 Å². The maximum atomic E-state index is 13.9. The number of sulfonamides is 1. The van der Waals surface area contributed by atoms with Crippen molar-refractivity contribution in [3.05, 3.63) is 209 Å². The van der Waals surface area contributed by atoms with Crippen molar-refractivity contribution >= 4 is 15.9 Å². The highest BCUT2D eigenvalue weighted by atomic mass is 32.2. The molecule has 1 aliphatic rings. The predicted molar refractivity (Wildman–Crippen MR) is 222 cm³/mol. The normalized spacial score (nSPS) is 19.7. The van der Waals surface area contributed by atoms with Gasteiger partial charge in [-0.2, -0.15) is 8.42 Å². The van der Waals surface area contributed by atoms with Gasteiger partial charge in [-0.15, -0.1) is 4.40 Å². The molecule has 1 heterocycles. The van der Waals surface area contributed by atoms with Gasteiger partial charge in [0.15, 0.2) is 0 Å². The van der Waals surface area contributed by atoms with Crippen LogP contribution in [0.2, 0.25) is 0 Å². The Balaban J connectivity index is 1.29. The molecule has 1 aliphatic heterocycles. The van der Waals surface area contributed by atoms with Crippen molar-refractivity contribution < 1.29 is 36.8 Å². The fraction of sp³-hybridized carbons (Fsp3) is 0.229. The molecule has 6 aromatic rings. The second kappa shape index (κ2) is 20.3. The molecule has 7 rings (SSSR count). The molecule has 0 aromatic heterocycles. The van der Waals surface area contributed by atoms with Gasteiger partial charge in [0.2, 0.25) is 12.2 Å². The Morgan fingerprint density at radius 3 is 1.47 bits per heavy atom. The number of ether oxygens (including phenoxy) is 6. The molecular formula is C48H47NO8S. The van der Waals surface area contributed by atoms with Crippen LogP contribution in [0.4, 0.5) is 0 Å². The van der Waals surface area contributed by atoms with E-state index in [-0.39, 0.29) is 37.2 Å². The lowest BCUT2D eigenvalue weighted by Crippen LogP contribution is -2.62. The SMILES string of the molecule is Cc1ccc(S(=O)(=O)/N=C(\O[C@H]2OC(COCc3ccccc3)[C@@H](OCc3ccccc3)C(OCc3ccccc3)C2OCc2ccccc2)c2ccccc2)cc1. The number of nitrogens with zero attached hydrogens (tertiary/aromatic N) is 1. The van der Waals surface area contributed by atoms with E-state index in [0.717, 1.165) is 27.8 Å². The van der Waals surface area contributed by atoms with Crippen LogP contribution < -0.4 is 0 Å². The molecule has 5 atom stereocenters. The van der Waals surface area contributed by atoms with Gasteiger partial charge in [0.25, 0.3) is 10.0 Å². The molecule has 0 aliphatic carbocycles. The van der Waals surface area contributed by atoms with Crippen molar-refractivity contribution in [2.75, 3.05) is 6.61 Å². The maximum Gasteiger partial charge on any atom is 0.285 e. The van der Waals surface area contributed by atoms with Gasteiger partial charge < -0.3 is 28.4 Å². The van der Waals surface area contributed by atoms with E-state index < -0.39 is 40.7 Å². The Morgan fingerprint density at radius 2 is 0.966 bits per heavy atom. The van der Waals surface area contributed by atoms with Crippen LogP contribution in [0.25, 0.3) is 0 Å². The lowest BCUT2D eigenvalue weighted by molar-refractivity contribution is -0.313. The van der Waals surface area contributed by atoms with Crippen LogP contribution >= 0.6 is 0 Å². The lowest BCUT2D eigenvalue weighted by Gasteiger charge is -2.45. The molecule has 0 amide bonds. The Bertz CT molecular complexity index is 2260. The first kappa shape index (κ1) is 40.7. The van der Waals surface area contributed by atoms with Crippen molar-refractivity contribution in [3.8, 4) is 0 Å². The molecule has 3 unspecified atom stereocenters. The summed E-state index contributed by atoms with van der Waals surface area (Å²) < 4.78 is 72.3. The molecule has 6 aromatic carbocycles. The smallest absolute Gasteiger partial charge is 0.285 e. The van der Waals surface area contributed by atoms with Gasteiger partial charge in [-0.1, -0.05) is 157 Å². The van der Waals surface area contributed by atoms with Gasteiger partial charge >= 0.3 is 0 Å². The summed E-state index contributed by atoms with van der Waals surface area (Å²) in [5.41, 5.74) is 5.17. The average molecular weight is 798 g/mol. The second-order valence-electron chi connectivity index (χ2n) is 14.0. The van der Waals surface area contributed by atoms with Crippen LogP contribution in [-0.2, 0) is 64.9 Å². The first-order valence-corrected chi connectivity index (χ1v) is 20.7. The van der Waals surface area contributed by atoms with E-state index >= 15 is 0 Å². The number of aryl methyl sites for hydroxylation is 1. The summed E-state index contributed by atoms with van der Waals surface area (Å²) in [7, 11) is -4.23. The summed E-state index contributed by atoms with van der Waals surface area (Å²) in [5, 5.41) is 0. The van der Waals surface area contributed by atoms with Gasteiger partial charge in [-0.25, -0.2) is 0 Å². The Kier molecular flexibility index (Phi) is 14.3. The van der Waals surface area contributed by atoms with E-state index in [9.17, 15) is 8.42 Å². The quantitative estimate of drug-likeness (QED) is 0.0667. The number of hydrogen-bond donors (Lipinski definition) is 0. The van der Waals surface area contributed by atoms with Crippen LogP contribution in [-0.4, -0.2) is 51.6 Å². The minimum Gasteiger partial charge on any atom is -0.444 e. The molecule has 0 saturated carbocycles. The van der Waals surface area contributed by atoms with Gasteiger partial charge in [0, 0.05) is 5.56 Å². The molecule has 0 bridgehead atoms. The summed E-state index contributed by atoms with van der Waals surface area (Å²) in [6, 6.07) is 54.7. The fourth-order valence-corrected chi connectivity index (χ4v) is 7.50.